The van der Waals surface area contributed by atoms with Crippen molar-refractivity contribution in [2.75, 3.05) is 24.5 Å². The van der Waals surface area contributed by atoms with E-state index < -0.39 is 5.60 Å². The van der Waals surface area contributed by atoms with E-state index in [0.29, 0.717) is 6.54 Å². The van der Waals surface area contributed by atoms with E-state index in [2.05, 4.69) is 29.3 Å². The van der Waals surface area contributed by atoms with Crippen LogP contribution in [0.3, 0.4) is 0 Å². The summed E-state index contributed by atoms with van der Waals surface area (Å²) in [6.07, 6.45) is 1.86. The zero-order valence-electron chi connectivity index (χ0n) is 11.7. The molecule has 106 valence electrons. The average Bonchev–Trinajstić information content (AvgIpc) is 2.35. The van der Waals surface area contributed by atoms with Crippen molar-refractivity contribution >= 4 is 17.3 Å². The van der Waals surface area contributed by atoms with Gasteiger partial charge >= 0.3 is 0 Å². The van der Waals surface area contributed by atoms with Gasteiger partial charge in [-0.3, -0.25) is 0 Å². The van der Waals surface area contributed by atoms with E-state index >= 15 is 0 Å². The monoisotopic (exact) mass is 282 g/mol. The van der Waals surface area contributed by atoms with Gasteiger partial charge in [0.1, 0.15) is 0 Å². The molecule has 0 radical (unpaired) electrons. The predicted octanol–water partition coefficient (Wildman–Crippen LogP) is 2.80. The average molecular weight is 283 g/mol. The first-order chi connectivity index (χ1) is 9.02. The van der Waals surface area contributed by atoms with Crippen LogP contribution < -0.4 is 10.2 Å². The molecule has 0 aromatic heterocycles. The molecule has 1 aromatic carbocycles. The molecule has 1 aliphatic rings. The van der Waals surface area contributed by atoms with Crippen LogP contribution in [0, 0.1) is 0 Å². The zero-order valence-corrected chi connectivity index (χ0v) is 12.5. The molecule has 0 bridgehead atoms. The van der Waals surface area contributed by atoms with Crippen molar-refractivity contribution in [1.29, 1.82) is 0 Å². The van der Waals surface area contributed by atoms with E-state index in [-0.39, 0.29) is 0 Å². The Balaban J connectivity index is 2.12. The summed E-state index contributed by atoms with van der Waals surface area (Å²) in [6.45, 7) is 7.39. The van der Waals surface area contributed by atoms with E-state index in [1.807, 2.05) is 13.0 Å². The second-order valence-electron chi connectivity index (χ2n) is 5.59. The molecule has 0 saturated carbocycles. The number of anilines is 1. The number of halogens is 1. The number of piperidine rings is 1. The number of nitrogens with one attached hydrogen (secondary N) is 1. The molecule has 3 nitrogen and oxygen atoms in total. The van der Waals surface area contributed by atoms with Crippen molar-refractivity contribution in [2.24, 2.45) is 0 Å². The van der Waals surface area contributed by atoms with Crippen molar-refractivity contribution in [1.82, 2.24) is 5.32 Å². The molecule has 4 heteroatoms. The van der Waals surface area contributed by atoms with Crippen LogP contribution in [0.1, 0.15) is 32.3 Å². The van der Waals surface area contributed by atoms with Crippen LogP contribution in [0.5, 0.6) is 0 Å². The van der Waals surface area contributed by atoms with Gasteiger partial charge in [-0.1, -0.05) is 24.6 Å². The van der Waals surface area contributed by atoms with Gasteiger partial charge in [0.25, 0.3) is 0 Å². The molecule has 1 saturated heterocycles. The van der Waals surface area contributed by atoms with Gasteiger partial charge in [-0.2, -0.15) is 0 Å². The Hall–Kier alpha value is -0.770. The Morgan fingerprint density at radius 2 is 2.26 bits per heavy atom. The third-order valence-electron chi connectivity index (χ3n) is 3.61. The first kappa shape index (κ1) is 14.6. The van der Waals surface area contributed by atoms with E-state index in [1.54, 1.807) is 0 Å². The summed E-state index contributed by atoms with van der Waals surface area (Å²) in [4.78, 5) is 2.18. The van der Waals surface area contributed by atoms with Crippen LogP contribution in [-0.4, -0.2) is 30.3 Å². The van der Waals surface area contributed by atoms with Gasteiger partial charge in [-0.15, -0.1) is 0 Å². The highest BCUT2D eigenvalue weighted by Crippen LogP contribution is 2.31. The molecule has 1 heterocycles. The maximum Gasteiger partial charge on any atom is 0.0794 e. The topological polar surface area (TPSA) is 35.5 Å². The van der Waals surface area contributed by atoms with Gasteiger partial charge in [-0.05, 0) is 44.0 Å². The zero-order chi connectivity index (χ0) is 13.9. The Morgan fingerprint density at radius 3 is 2.89 bits per heavy atom. The smallest absolute Gasteiger partial charge is 0.0794 e. The van der Waals surface area contributed by atoms with Crippen LogP contribution in [-0.2, 0) is 6.54 Å². The lowest BCUT2D eigenvalue weighted by Gasteiger charge is -2.38. The Labute approximate surface area is 120 Å². The molecule has 0 amide bonds. The number of β-amino-alcohol motifs (C(OH)–C–C–N with tert-alkyl or cyclic N) is 1. The number of benzene rings is 1. The molecule has 19 heavy (non-hydrogen) atoms. The molecule has 0 aliphatic carbocycles. The Bertz CT molecular complexity index is 434. The molecule has 1 aromatic rings. The summed E-state index contributed by atoms with van der Waals surface area (Å²) < 4.78 is 0. The minimum absolute atomic E-state index is 0.607. The molecule has 2 rings (SSSR count). The number of hydrogen-bond acceptors (Lipinski definition) is 3. The van der Waals surface area contributed by atoms with Crippen molar-refractivity contribution in [3.05, 3.63) is 28.8 Å². The highest BCUT2D eigenvalue weighted by atomic mass is 35.5. The summed E-state index contributed by atoms with van der Waals surface area (Å²) in [5.41, 5.74) is 1.62. The summed E-state index contributed by atoms with van der Waals surface area (Å²) in [7, 11) is 0. The summed E-state index contributed by atoms with van der Waals surface area (Å²) in [5.74, 6) is 0. The van der Waals surface area contributed by atoms with Gasteiger partial charge in [0, 0.05) is 19.6 Å². The molecule has 1 aliphatic heterocycles. The van der Waals surface area contributed by atoms with Crippen LogP contribution in [0.25, 0.3) is 0 Å². The second kappa shape index (κ2) is 6.12. The van der Waals surface area contributed by atoms with Crippen LogP contribution >= 0.6 is 11.6 Å². The Morgan fingerprint density at radius 1 is 1.47 bits per heavy atom. The highest BCUT2D eigenvalue weighted by molar-refractivity contribution is 6.33. The van der Waals surface area contributed by atoms with Gasteiger partial charge in [0.2, 0.25) is 0 Å². The van der Waals surface area contributed by atoms with E-state index in [0.717, 1.165) is 43.2 Å². The fourth-order valence-electron chi connectivity index (χ4n) is 2.61. The Kier molecular flexibility index (Phi) is 4.71. The lowest BCUT2D eigenvalue weighted by atomic mass is 9.94. The lowest BCUT2D eigenvalue weighted by molar-refractivity contribution is 0.0449. The molecule has 2 N–H and O–H groups in total. The largest absolute Gasteiger partial charge is 0.388 e. The molecule has 1 fully saturated rings. The normalized spacial score (nSPS) is 23.7. The SMILES string of the molecule is CCNCc1ccc(N2CCCC(C)(O)C2)c(Cl)c1. The minimum Gasteiger partial charge on any atom is -0.388 e. The van der Waals surface area contributed by atoms with E-state index in [4.69, 9.17) is 11.6 Å². The third kappa shape index (κ3) is 3.85. The summed E-state index contributed by atoms with van der Waals surface area (Å²) in [6, 6.07) is 6.19. The summed E-state index contributed by atoms with van der Waals surface area (Å²) in [5, 5.41) is 14.2. The maximum absolute atomic E-state index is 10.2. The molecule has 1 unspecified atom stereocenters. The number of aliphatic hydroxyl groups is 1. The van der Waals surface area contributed by atoms with Crippen molar-refractivity contribution in [2.45, 2.75) is 38.8 Å². The molecule has 0 spiro atoms. The van der Waals surface area contributed by atoms with E-state index in [1.165, 1.54) is 5.56 Å². The molecule has 1 atom stereocenters. The first-order valence-corrected chi connectivity index (χ1v) is 7.36. The maximum atomic E-state index is 10.2. The predicted molar refractivity (Wildman–Crippen MR) is 80.9 cm³/mol. The van der Waals surface area contributed by atoms with E-state index in [9.17, 15) is 5.11 Å². The highest BCUT2D eigenvalue weighted by Gasteiger charge is 2.29. The molecular weight excluding hydrogens is 260 g/mol. The van der Waals surface area contributed by atoms with Crippen molar-refractivity contribution in [3.8, 4) is 0 Å². The number of nitrogens with zero attached hydrogens (tertiary/aromatic N) is 1. The van der Waals surface area contributed by atoms with Crippen LogP contribution in [0.2, 0.25) is 5.02 Å². The van der Waals surface area contributed by atoms with Crippen molar-refractivity contribution in [3.63, 3.8) is 0 Å². The second-order valence-corrected chi connectivity index (χ2v) is 6.00. The fraction of sp³-hybridized carbons (Fsp3) is 0.600. The minimum atomic E-state index is -0.607. The molecular formula is C15H23ClN2O. The third-order valence-corrected chi connectivity index (χ3v) is 3.91. The summed E-state index contributed by atoms with van der Waals surface area (Å²) >= 11 is 6.38. The number of rotatable bonds is 4. The van der Waals surface area contributed by atoms with Gasteiger partial charge in [0.05, 0.1) is 16.3 Å². The van der Waals surface area contributed by atoms with Gasteiger partial charge in [-0.25, -0.2) is 0 Å². The quantitative estimate of drug-likeness (QED) is 0.891. The van der Waals surface area contributed by atoms with Crippen LogP contribution in [0.4, 0.5) is 5.69 Å². The van der Waals surface area contributed by atoms with Crippen molar-refractivity contribution < 1.29 is 5.11 Å². The van der Waals surface area contributed by atoms with Gasteiger partial charge < -0.3 is 15.3 Å². The standard InChI is InChI=1S/C15H23ClN2O/c1-3-17-10-12-5-6-14(13(16)9-12)18-8-4-7-15(2,19)11-18/h5-6,9,17,19H,3-4,7-8,10-11H2,1-2H3. The fourth-order valence-corrected chi connectivity index (χ4v) is 2.93. The lowest BCUT2D eigenvalue weighted by Crippen LogP contribution is -2.46. The first-order valence-electron chi connectivity index (χ1n) is 6.98. The van der Waals surface area contributed by atoms with Gasteiger partial charge in [0.15, 0.2) is 0 Å². The number of hydrogen-bond donors (Lipinski definition) is 2. The van der Waals surface area contributed by atoms with Crippen LogP contribution in [0.15, 0.2) is 18.2 Å².